The van der Waals surface area contributed by atoms with Crippen LogP contribution in [0.5, 0.6) is 0 Å². The summed E-state index contributed by atoms with van der Waals surface area (Å²) in [6.07, 6.45) is 2.20. The van der Waals surface area contributed by atoms with E-state index in [1.807, 2.05) is 48.5 Å². The number of nitrogens with one attached hydrogen (secondary N) is 1. The second kappa shape index (κ2) is 5.96. The summed E-state index contributed by atoms with van der Waals surface area (Å²) < 4.78 is 0. The van der Waals surface area contributed by atoms with Crippen molar-refractivity contribution in [2.24, 2.45) is 0 Å². The fourth-order valence-corrected chi connectivity index (χ4v) is 3.51. The van der Waals surface area contributed by atoms with E-state index >= 15 is 0 Å². The van der Waals surface area contributed by atoms with Gasteiger partial charge in [-0.1, -0.05) is 48.5 Å². The summed E-state index contributed by atoms with van der Waals surface area (Å²) in [5, 5.41) is 1.16. The van der Waals surface area contributed by atoms with Gasteiger partial charge in [0.25, 0.3) is 11.8 Å². The second-order valence-electron chi connectivity index (χ2n) is 6.23. The van der Waals surface area contributed by atoms with Crippen LogP contribution in [-0.2, 0) is 9.59 Å². The van der Waals surface area contributed by atoms with Crippen molar-refractivity contribution in [1.82, 2.24) is 5.01 Å². The zero-order valence-electron chi connectivity index (χ0n) is 13.2. The van der Waals surface area contributed by atoms with E-state index < -0.39 is 0 Å². The van der Waals surface area contributed by atoms with Crippen LogP contribution in [0.4, 0.5) is 5.69 Å². The Morgan fingerprint density at radius 2 is 1.46 bits per heavy atom. The number of nitrogens with zero attached hydrogens (tertiary/aromatic N) is 1. The molecular formula is C20H18N2O2. The molecule has 2 amide bonds. The molecule has 4 heteroatoms. The highest BCUT2D eigenvalue weighted by Crippen LogP contribution is 2.40. The second-order valence-corrected chi connectivity index (χ2v) is 6.23. The SMILES string of the molecule is O=C1C2=C(CC(c3ccccc3)CC2)C(=O)N1Nc1ccccc1. The van der Waals surface area contributed by atoms with Gasteiger partial charge < -0.3 is 0 Å². The quantitative estimate of drug-likeness (QED) is 0.879. The molecule has 1 aliphatic carbocycles. The van der Waals surface area contributed by atoms with Crippen LogP contribution >= 0.6 is 0 Å². The minimum absolute atomic E-state index is 0.203. The molecule has 0 saturated carbocycles. The normalized spacial score (nSPS) is 20.3. The molecule has 1 unspecified atom stereocenters. The van der Waals surface area contributed by atoms with Crippen molar-refractivity contribution in [3.63, 3.8) is 0 Å². The lowest BCUT2D eigenvalue weighted by molar-refractivity contribution is -0.136. The maximum atomic E-state index is 12.7. The number of carbonyl (C=O) groups is 2. The Balaban J connectivity index is 1.56. The molecule has 1 N–H and O–H groups in total. The highest BCUT2D eigenvalue weighted by molar-refractivity contribution is 6.20. The fourth-order valence-electron chi connectivity index (χ4n) is 3.51. The van der Waals surface area contributed by atoms with E-state index in [0.29, 0.717) is 29.9 Å². The van der Waals surface area contributed by atoms with Crippen LogP contribution in [-0.4, -0.2) is 16.8 Å². The number of hydrogen-bond donors (Lipinski definition) is 1. The molecule has 0 aromatic heterocycles. The highest BCUT2D eigenvalue weighted by Gasteiger charge is 2.41. The zero-order chi connectivity index (χ0) is 16.5. The van der Waals surface area contributed by atoms with Crippen molar-refractivity contribution < 1.29 is 9.59 Å². The van der Waals surface area contributed by atoms with E-state index in [1.54, 1.807) is 0 Å². The molecule has 2 aliphatic rings. The van der Waals surface area contributed by atoms with E-state index in [4.69, 9.17) is 0 Å². The van der Waals surface area contributed by atoms with Gasteiger partial charge in [0.1, 0.15) is 0 Å². The van der Waals surface area contributed by atoms with Crippen molar-refractivity contribution in [1.29, 1.82) is 0 Å². The number of anilines is 1. The van der Waals surface area contributed by atoms with Gasteiger partial charge in [-0.25, -0.2) is 0 Å². The number of rotatable bonds is 3. The van der Waals surface area contributed by atoms with Crippen LogP contribution in [0.1, 0.15) is 30.7 Å². The molecule has 1 atom stereocenters. The Labute approximate surface area is 140 Å². The Hall–Kier alpha value is -2.88. The standard InChI is InChI=1S/C20H18N2O2/c23-19-17-12-11-15(14-7-3-1-4-8-14)13-18(17)20(24)22(19)21-16-9-5-2-6-10-16/h1-10,15,21H,11-13H2. The number of benzene rings is 2. The van der Waals surface area contributed by atoms with Gasteiger partial charge in [0, 0.05) is 11.1 Å². The topological polar surface area (TPSA) is 49.4 Å². The molecule has 0 saturated heterocycles. The van der Waals surface area contributed by atoms with Crippen molar-refractivity contribution in [3.8, 4) is 0 Å². The first-order valence-corrected chi connectivity index (χ1v) is 8.21. The van der Waals surface area contributed by atoms with Crippen molar-refractivity contribution in [3.05, 3.63) is 77.4 Å². The van der Waals surface area contributed by atoms with E-state index in [9.17, 15) is 9.59 Å². The van der Waals surface area contributed by atoms with Gasteiger partial charge in [-0.15, -0.1) is 0 Å². The Morgan fingerprint density at radius 1 is 0.833 bits per heavy atom. The first kappa shape index (κ1) is 14.7. The number of hydrazine groups is 1. The molecule has 120 valence electrons. The van der Waals surface area contributed by atoms with Gasteiger partial charge in [0.15, 0.2) is 0 Å². The first-order valence-electron chi connectivity index (χ1n) is 8.21. The van der Waals surface area contributed by atoms with E-state index in [1.165, 1.54) is 5.56 Å². The summed E-state index contributed by atoms with van der Waals surface area (Å²) >= 11 is 0. The Bertz CT molecular complexity index is 812. The average molecular weight is 318 g/mol. The number of carbonyl (C=O) groups excluding carboxylic acids is 2. The van der Waals surface area contributed by atoms with Gasteiger partial charge in [-0.2, -0.15) is 5.01 Å². The predicted molar refractivity (Wildman–Crippen MR) is 92.0 cm³/mol. The number of hydrogen-bond acceptors (Lipinski definition) is 3. The van der Waals surface area contributed by atoms with Gasteiger partial charge >= 0.3 is 0 Å². The Morgan fingerprint density at radius 3 is 2.17 bits per heavy atom. The summed E-state index contributed by atoms with van der Waals surface area (Å²) in [7, 11) is 0. The van der Waals surface area contributed by atoms with Gasteiger partial charge in [-0.3, -0.25) is 15.0 Å². The molecule has 24 heavy (non-hydrogen) atoms. The minimum atomic E-state index is -0.209. The van der Waals surface area contributed by atoms with E-state index in [0.717, 1.165) is 17.1 Å². The molecular weight excluding hydrogens is 300 g/mol. The van der Waals surface area contributed by atoms with Crippen LogP contribution in [0.25, 0.3) is 0 Å². The summed E-state index contributed by atoms with van der Waals surface area (Å²) in [5.41, 5.74) is 6.26. The van der Waals surface area contributed by atoms with Crippen molar-refractivity contribution >= 4 is 17.5 Å². The van der Waals surface area contributed by atoms with Crippen LogP contribution in [0.15, 0.2) is 71.8 Å². The van der Waals surface area contributed by atoms with Crippen LogP contribution in [0.3, 0.4) is 0 Å². The maximum absolute atomic E-state index is 12.7. The average Bonchev–Trinajstić information content (AvgIpc) is 2.88. The zero-order valence-corrected chi connectivity index (χ0v) is 13.2. The summed E-state index contributed by atoms with van der Waals surface area (Å²) in [4.78, 5) is 25.3. The molecule has 1 heterocycles. The maximum Gasteiger partial charge on any atom is 0.276 e. The van der Waals surface area contributed by atoms with Crippen LogP contribution in [0.2, 0.25) is 0 Å². The third-order valence-corrected chi connectivity index (χ3v) is 4.77. The molecule has 0 fully saturated rings. The third kappa shape index (κ3) is 2.50. The summed E-state index contributed by atoms with van der Waals surface area (Å²) in [6.45, 7) is 0. The van der Waals surface area contributed by atoms with Gasteiger partial charge in [-0.05, 0) is 42.9 Å². The molecule has 4 rings (SSSR count). The predicted octanol–water partition coefficient (Wildman–Crippen LogP) is 3.65. The number of amides is 2. The van der Waals surface area contributed by atoms with Crippen LogP contribution < -0.4 is 5.43 Å². The molecule has 1 aliphatic heterocycles. The first-order chi connectivity index (χ1) is 11.7. The largest absolute Gasteiger partial charge is 0.288 e. The molecule has 2 aromatic rings. The lowest BCUT2D eigenvalue weighted by Crippen LogP contribution is -2.37. The Kier molecular flexibility index (Phi) is 3.65. The van der Waals surface area contributed by atoms with E-state index in [-0.39, 0.29) is 11.8 Å². The van der Waals surface area contributed by atoms with Crippen molar-refractivity contribution in [2.45, 2.75) is 25.2 Å². The minimum Gasteiger partial charge on any atom is -0.288 e. The molecule has 2 aromatic carbocycles. The lowest BCUT2D eigenvalue weighted by atomic mass is 9.81. The number of para-hydroxylation sites is 1. The summed E-state index contributed by atoms with van der Waals surface area (Å²) in [5.74, 6) is -0.108. The van der Waals surface area contributed by atoms with Gasteiger partial charge in [0.05, 0.1) is 5.69 Å². The fraction of sp³-hybridized carbons (Fsp3) is 0.200. The third-order valence-electron chi connectivity index (χ3n) is 4.77. The molecule has 0 bridgehead atoms. The number of imide groups is 1. The monoisotopic (exact) mass is 318 g/mol. The van der Waals surface area contributed by atoms with E-state index in [2.05, 4.69) is 17.6 Å². The van der Waals surface area contributed by atoms with Gasteiger partial charge in [0.2, 0.25) is 0 Å². The lowest BCUT2D eigenvalue weighted by Gasteiger charge is -2.22. The van der Waals surface area contributed by atoms with Crippen molar-refractivity contribution in [2.75, 3.05) is 5.43 Å². The highest BCUT2D eigenvalue weighted by atomic mass is 16.2. The smallest absolute Gasteiger partial charge is 0.276 e. The molecule has 0 radical (unpaired) electrons. The van der Waals surface area contributed by atoms with Crippen LogP contribution in [0, 0.1) is 0 Å². The molecule has 0 spiro atoms. The summed E-state index contributed by atoms with van der Waals surface area (Å²) in [6, 6.07) is 19.5. The molecule has 4 nitrogen and oxygen atoms in total.